The van der Waals surface area contributed by atoms with Crippen LogP contribution in [0.2, 0.25) is 0 Å². The Morgan fingerprint density at radius 2 is 2.00 bits per heavy atom. The van der Waals surface area contributed by atoms with E-state index in [0.29, 0.717) is 6.04 Å². The largest absolute Gasteiger partial charge is 0.367 e. The molecule has 0 aromatic heterocycles. The molecule has 0 aromatic rings. The highest BCUT2D eigenvalue weighted by atomic mass is 15.1. The molecule has 0 spiro atoms. The van der Waals surface area contributed by atoms with E-state index in [1.807, 2.05) is 14.1 Å². The van der Waals surface area contributed by atoms with Gasteiger partial charge in [0.2, 0.25) is 0 Å². The first-order valence-corrected chi connectivity index (χ1v) is 3.42. The maximum atomic E-state index is 4.43. The van der Waals surface area contributed by atoms with E-state index < -0.39 is 0 Å². The summed E-state index contributed by atoms with van der Waals surface area (Å²) in [6.45, 7) is 2.05. The molecule has 0 bridgehead atoms. The Balaban J connectivity index is 2.37. The van der Waals surface area contributed by atoms with Gasteiger partial charge in [0.1, 0.15) is 0 Å². The number of rotatable bonds is 1. The Bertz CT molecular complexity index is 123. The lowest BCUT2D eigenvalue weighted by Crippen LogP contribution is -2.18. The van der Waals surface area contributed by atoms with Crippen LogP contribution >= 0.6 is 0 Å². The Morgan fingerprint density at radius 1 is 1.44 bits per heavy atom. The van der Waals surface area contributed by atoms with Crippen LogP contribution in [0.4, 0.5) is 0 Å². The lowest BCUT2D eigenvalue weighted by molar-refractivity contribution is 0.613. The van der Waals surface area contributed by atoms with Gasteiger partial charge in [0, 0.05) is 14.1 Å². The van der Waals surface area contributed by atoms with Gasteiger partial charge in [-0.05, 0) is 19.8 Å². The summed E-state index contributed by atoms with van der Waals surface area (Å²) >= 11 is 0. The highest BCUT2D eigenvalue weighted by Gasteiger charge is 2.20. The maximum absolute atomic E-state index is 4.43. The van der Waals surface area contributed by atoms with Crippen molar-refractivity contribution in [2.75, 3.05) is 14.1 Å². The summed E-state index contributed by atoms with van der Waals surface area (Å²) in [7, 11) is 4.06. The predicted molar refractivity (Wildman–Crippen MR) is 39.8 cm³/mol. The monoisotopic (exact) mass is 126 g/mol. The molecular weight excluding hydrogens is 112 g/mol. The number of nitrogens with zero attached hydrogens (tertiary/aromatic N) is 2. The molecular formula is C7H14N2. The smallest absolute Gasteiger partial charge is 0.0955 e. The summed E-state index contributed by atoms with van der Waals surface area (Å²) in [4.78, 5) is 6.48. The van der Waals surface area contributed by atoms with E-state index in [4.69, 9.17) is 0 Å². The van der Waals surface area contributed by atoms with Crippen LogP contribution in [0.25, 0.3) is 0 Å². The van der Waals surface area contributed by atoms with Crippen molar-refractivity contribution in [2.24, 2.45) is 4.99 Å². The molecule has 0 amide bonds. The third-order valence-electron chi connectivity index (χ3n) is 1.56. The molecule has 1 aliphatic carbocycles. The Hall–Kier alpha value is -0.530. The van der Waals surface area contributed by atoms with Gasteiger partial charge in [0.25, 0.3) is 0 Å². The quantitative estimate of drug-likeness (QED) is 0.380. The van der Waals surface area contributed by atoms with Gasteiger partial charge in [-0.1, -0.05) is 0 Å². The molecule has 0 radical (unpaired) electrons. The minimum absolute atomic E-state index is 0.660. The molecule has 0 aliphatic heterocycles. The fraction of sp³-hybridized carbons (Fsp3) is 0.857. The van der Waals surface area contributed by atoms with E-state index >= 15 is 0 Å². The summed E-state index contributed by atoms with van der Waals surface area (Å²) in [5, 5.41) is 0. The average molecular weight is 126 g/mol. The number of hydrogen-bond donors (Lipinski definition) is 0. The third kappa shape index (κ3) is 2.04. The highest BCUT2D eigenvalue weighted by Crippen LogP contribution is 2.23. The summed E-state index contributed by atoms with van der Waals surface area (Å²) in [5.41, 5.74) is 0. The molecule has 0 N–H and O–H groups in total. The highest BCUT2D eigenvalue weighted by molar-refractivity contribution is 5.79. The zero-order valence-electron chi connectivity index (χ0n) is 6.39. The van der Waals surface area contributed by atoms with Crippen LogP contribution in [-0.4, -0.2) is 30.9 Å². The van der Waals surface area contributed by atoms with E-state index in [1.54, 1.807) is 0 Å². The summed E-state index contributed by atoms with van der Waals surface area (Å²) in [6.07, 6.45) is 2.59. The van der Waals surface area contributed by atoms with Crippen LogP contribution < -0.4 is 0 Å². The normalized spacial score (nSPS) is 20.1. The van der Waals surface area contributed by atoms with E-state index in [-0.39, 0.29) is 0 Å². The van der Waals surface area contributed by atoms with E-state index in [2.05, 4.69) is 16.8 Å². The first-order valence-electron chi connectivity index (χ1n) is 3.42. The molecule has 9 heavy (non-hydrogen) atoms. The van der Waals surface area contributed by atoms with Crippen molar-refractivity contribution in [3.63, 3.8) is 0 Å². The fourth-order valence-corrected chi connectivity index (χ4v) is 0.583. The molecule has 1 fully saturated rings. The topological polar surface area (TPSA) is 15.6 Å². The predicted octanol–water partition coefficient (Wildman–Crippen LogP) is 1.13. The van der Waals surface area contributed by atoms with Crippen molar-refractivity contribution < 1.29 is 0 Å². The minimum Gasteiger partial charge on any atom is -0.367 e. The standard InChI is InChI=1S/C7H14N2/c1-6(9(2)3)8-7-4-5-7/h7H,4-5H2,1-3H3. The molecule has 0 aromatic carbocycles. The zero-order valence-corrected chi connectivity index (χ0v) is 6.39. The second-order valence-corrected chi connectivity index (χ2v) is 2.80. The first kappa shape index (κ1) is 6.59. The van der Waals surface area contributed by atoms with E-state index in [1.165, 1.54) is 12.8 Å². The molecule has 2 nitrogen and oxygen atoms in total. The molecule has 1 saturated carbocycles. The van der Waals surface area contributed by atoms with Gasteiger partial charge >= 0.3 is 0 Å². The third-order valence-corrected chi connectivity index (χ3v) is 1.56. The summed E-state index contributed by atoms with van der Waals surface area (Å²) in [6, 6.07) is 0.660. The molecule has 0 unspecified atom stereocenters. The lowest BCUT2D eigenvalue weighted by Gasteiger charge is -2.10. The van der Waals surface area contributed by atoms with Crippen molar-refractivity contribution in [1.29, 1.82) is 0 Å². The molecule has 0 heterocycles. The Morgan fingerprint density at radius 3 is 2.33 bits per heavy atom. The molecule has 52 valence electrons. The van der Waals surface area contributed by atoms with Crippen LogP contribution in [0, 0.1) is 0 Å². The lowest BCUT2D eigenvalue weighted by atomic mass is 10.6. The molecule has 0 atom stereocenters. The van der Waals surface area contributed by atoms with Gasteiger partial charge in [0.05, 0.1) is 11.9 Å². The van der Waals surface area contributed by atoms with Crippen molar-refractivity contribution in [3.05, 3.63) is 0 Å². The van der Waals surface area contributed by atoms with Crippen LogP contribution in [0.1, 0.15) is 19.8 Å². The number of hydrogen-bond acceptors (Lipinski definition) is 1. The Kier molecular flexibility index (Phi) is 1.74. The van der Waals surface area contributed by atoms with Crippen LogP contribution in [0.5, 0.6) is 0 Å². The van der Waals surface area contributed by atoms with Crippen LogP contribution in [0.3, 0.4) is 0 Å². The maximum Gasteiger partial charge on any atom is 0.0955 e. The van der Waals surface area contributed by atoms with Crippen molar-refractivity contribution in [2.45, 2.75) is 25.8 Å². The molecule has 0 saturated heterocycles. The van der Waals surface area contributed by atoms with Crippen molar-refractivity contribution in [1.82, 2.24) is 4.90 Å². The van der Waals surface area contributed by atoms with Gasteiger partial charge in [-0.2, -0.15) is 0 Å². The van der Waals surface area contributed by atoms with Gasteiger partial charge in [-0.3, -0.25) is 4.99 Å². The van der Waals surface area contributed by atoms with E-state index in [9.17, 15) is 0 Å². The molecule has 2 heteroatoms. The fourth-order valence-electron chi connectivity index (χ4n) is 0.583. The second kappa shape index (κ2) is 2.38. The molecule has 1 aliphatic rings. The van der Waals surface area contributed by atoms with Gasteiger partial charge in [-0.15, -0.1) is 0 Å². The summed E-state index contributed by atoms with van der Waals surface area (Å²) < 4.78 is 0. The first-order chi connectivity index (χ1) is 4.20. The van der Waals surface area contributed by atoms with Crippen molar-refractivity contribution in [3.8, 4) is 0 Å². The SMILES string of the molecule is CC(=NC1CC1)N(C)C. The van der Waals surface area contributed by atoms with Crippen molar-refractivity contribution >= 4 is 5.84 Å². The number of amidine groups is 1. The summed E-state index contributed by atoms with van der Waals surface area (Å²) in [5.74, 6) is 1.15. The molecule has 1 rings (SSSR count). The van der Waals surface area contributed by atoms with Crippen LogP contribution in [-0.2, 0) is 0 Å². The van der Waals surface area contributed by atoms with E-state index in [0.717, 1.165) is 5.84 Å². The Labute approximate surface area is 56.6 Å². The van der Waals surface area contributed by atoms with Gasteiger partial charge in [-0.25, -0.2) is 0 Å². The van der Waals surface area contributed by atoms with Gasteiger partial charge in [0.15, 0.2) is 0 Å². The number of aliphatic imine (C=N–C) groups is 1. The zero-order chi connectivity index (χ0) is 6.85. The minimum atomic E-state index is 0.660. The van der Waals surface area contributed by atoms with Gasteiger partial charge < -0.3 is 4.90 Å². The second-order valence-electron chi connectivity index (χ2n) is 2.80. The van der Waals surface area contributed by atoms with Crippen LogP contribution in [0.15, 0.2) is 4.99 Å². The average Bonchev–Trinajstić information content (AvgIpc) is 2.50.